The van der Waals surface area contributed by atoms with Gasteiger partial charge in [-0.15, -0.1) is 0 Å². The molecule has 0 saturated heterocycles. The van der Waals surface area contributed by atoms with Crippen molar-refractivity contribution >= 4 is 35.4 Å². The third-order valence-electron chi connectivity index (χ3n) is 4.64. The molecule has 1 atom stereocenters. The van der Waals surface area contributed by atoms with Crippen molar-refractivity contribution in [2.45, 2.75) is 25.3 Å². The van der Waals surface area contributed by atoms with Gasteiger partial charge < -0.3 is 14.9 Å². The highest BCUT2D eigenvalue weighted by molar-refractivity contribution is 8.03. The van der Waals surface area contributed by atoms with Crippen LogP contribution in [0.3, 0.4) is 0 Å². The third kappa shape index (κ3) is 6.33. The molecule has 1 aliphatic heterocycles. The molecule has 1 unspecified atom stereocenters. The fourth-order valence-corrected chi connectivity index (χ4v) is 4.14. The summed E-state index contributed by atoms with van der Waals surface area (Å²) in [4.78, 5) is 17.9. The molecule has 6 heteroatoms. The number of furan rings is 1. The molecule has 2 aromatic carbocycles. The first-order valence-electron chi connectivity index (χ1n) is 10.2. The lowest BCUT2D eigenvalue weighted by atomic mass is 10.0. The van der Waals surface area contributed by atoms with Crippen LogP contribution in [0.15, 0.2) is 104 Å². The average Bonchev–Trinajstić information content (AvgIpc) is 3.30. The van der Waals surface area contributed by atoms with Crippen LogP contribution in [-0.4, -0.2) is 12.0 Å². The number of carbonyl (C=O) groups is 1. The van der Waals surface area contributed by atoms with Crippen LogP contribution >= 0.6 is 23.4 Å². The van der Waals surface area contributed by atoms with E-state index < -0.39 is 0 Å². The van der Waals surface area contributed by atoms with E-state index in [-0.39, 0.29) is 5.92 Å². The van der Waals surface area contributed by atoms with Gasteiger partial charge in [-0.1, -0.05) is 66.7 Å². The van der Waals surface area contributed by atoms with Crippen LogP contribution < -0.4 is 5.73 Å². The van der Waals surface area contributed by atoms with Gasteiger partial charge in [0.25, 0.3) is 0 Å². The molecule has 4 rings (SSSR count). The smallest absolute Gasteiger partial charge is 0.126 e. The maximum atomic E-state index is 10.9. The van der Waals surface area contributed by atoms with Crippen molar-refractivity contribution in [3.63, 3.8) is 0 Å². The van der Waals surface area contributed by atoms with E-state index in [1.807, 2.05) is 74.5 Å². The summed E-state index contributed by atoms with van der Waals surface area (Å²) in [5.74, 6) is 0.718. The number of nitrogens with zero attached hydrogens (tertiary/aromatic N) is 1. The van der Waals surface area contributed by atoms with Crippen LogP contribution in [0.2, 0.25) is 5.02 Å². The zero-order valence-electron chi connectivity index (χ0n) is 18.0. The Balaban J connectivity index is 0.000000352. The highest BCUT2D eigenvalue weighted by atomic mass is 35.5. The van der Waals surface area contributed by atoms with E-state index in [1.165, 1.54) is 0 Å². The Morgan fingerprint density at radius 1 is 1.16 bits per heavy atom. The maximum Gasteiger partial charge on any atom is 0.126 e. The van der Waals surface area contributed by atoms with Crippen LogP contribution in [0.4, 0.5) is 0 Å². The van der Waals surface area contributed by atoms with Gasteiger partial charge in [0.05, 0.1) is 24.2 Å². The highest BCUT2D eigenvalue weighted by Crippen LogP contribution is 2.37. The van der Waals surface area contributed by atoms with Crippen LogP contribution in [-0.2, 0) is 11.3 Å². The molecule has 0 fully saturated rings. The standard InChI is InChI=1S/C21H18ClNOS.C5H7NO/c1-14(13-24)10-11-19-15(2)23-21(16-6-5-7-17(22)12-16)18-8-3-4-9-20(18)25-19;6-4-5-2-1-3-7-5/h3-14H,1-2H3;1-3H,4,6H2/b11-10-;. The predicted octanol–water partition coefficient (Wildman–Crippen LogP) is 6.64. The lowest BCUT2D eigenvalue weighted by molar-refractivity contribution is -0.109. The Morgan fingerprint density at radius 2 is 1.97 bits per heavy atom. The van der Waals surface area contributed by atoms with Crippen molar-refractivity contribution in [3.05, 3.63) is 112 Å². The number of rotatable bonds is 5. The number of carbonyl (C=O) groups excluding carboxylic acids is 1. The number of aliphatic imine (C=N–C) groups is 1. The summed E-state index contributed by atoms with van der Waals surface area (Å²) >= 11 is 7.85. The molecule has 0 bridgehead atoms. The Bertz CT molecular complexity index is 1150. The lowest BCUT2D eigenvalue weighted by Crippen LogP contribution is -2.04. The summed E-state index contributed by atoms with van der Waals surface area (Å²) in [6.45, 7) is 4.36. The Morgan fingerprint density at radius 3 is 2.62 bits per heavy atom. The fraction of sp³-hybridized carbons (Fsp3) is 0.154. The SMILES string of the molecule is CC1=C(/C=C\C(C)C=O)Sc2ccccc2C(c2cccc(Cl)c2)=N1.NCc1ccco1. The van der Waals surface area contributed by atoms with Crippen molar-refractivity contribution in [2.75, 3.05) is 0 Å². The van der Waals surface area contributed by atoms with Crippen molar-refractivity contribution in [2.24, 2.45) is 16.6 Å². The van der Waals surface area contributed by atoms with Gasteiger partial charge in [-0.05, 0) is 43.3 Å². The molecule has 2 heterocycles. The summed E-state index contributed by atoms with van der Waals surface area (Å²) in [6, 6.07) is 19.6. The quantitative estimate of drug-likeness (QED) is 0.429. The summed E-state index contributed by atoms with van der Waals surface area (Å²) in [5, 5.41) is 0.691. The molecular formula is C26H25ClN2O2S. The Labute approximate surface area is 197 Å². The van der Waals surface area contributed by atoms with Crippen molar-refractivity contribution in [1.29, 1.82) is 0 Å². The van der Waals surface area contributed by atoms with E-state index in [2.05, 4.69) is 12.1 Å². The van der Waals surface area contributed by atoms with E-state index in [4.69, 9.17) is 26.7 Å². The van der Waals surface area contributed by atoms with Gasteiger partial charge in [0.15, 0.2) is 0 Å². The number of allylic oxidation sites excluding steroid dienone is 3. The molecule has 0 saturated carbocycles. The zero-order chi connectivity index (χ0) is 22.9. The van der Waals surface area contributed by atoms with Gasteiger partial charge >= 0.3 is 0 Å². The largest absolute Gasteiger partial charge is 0.468 e. The molecule has 1 aliphatic rings. The topological polar surface area (TPSA) is 68.6 Å². The van der Waals surface area contributed by atoms with Gasteiger partial charge in [0.2, 0.25) is 0 Å². The minimum atomic E-state index is -0.115. The minimum absolute atomic E-state index is 0.115. The van der Waals surface area contributed by atoms with Crippen molar-refractivity contribution in [1.82, 2.24) is 0 Å². The van der Waals surface area contributed by atoms with Crippen molar-refractivity contribution in [3.8, 4) is 0 Å². The molecule has 0 spiro atoms. The Kier molecular flexibility index (Phi) is 8.68. The first kappa shape index (κ1) is 23.8. The van der Waals surface area contributed by atoms with Gasteiger partial charge in [0, 0.05) is 31.9 Å². The Hall–Kier alpha value is -2.86. The predicted molar refractivity (Wildman–Crippen MR) is 133 cm³/mol. The van der Waals surface area contributed by atoms with E-state index in [0.717, 1.165) is 44.4 Å². The number of hydrogen-bond acceptors (Lipinski definition) is 5. The number of thioether (sulfide) groups is 1. The second-order valence-electron chi connectivity index (χ2n) is 7.16. The summed E-state index contributed by atoms with van der Waals surface area (Å²) in [5.41, 5.74) is 9.11. The van der Waals surface area contributed by atoms with E-state index in [0.29, 0.717) is 11.6 Å². The molecule has 1 aromatic heterocycles. The molecule has 0 amide bonds. The normalized spacial score (nSPS) is 14.2. The number of halogens is 1. The van der Waals surface area contributed by atoms with Crippen LogP contribution in [0.25, 0.3) is 0 Å². The van der Waals surface area contributed by atoms with Gasteiger partial charge in [0.1, 0.15) is 12.0 Å². The molecule has 4 nitrogen and oxygen atoms in total. The summed E-state index contributed by atoms with van der Waals surface area (Å²) in [6.07, 6.45) is 6.44. The molecule has 3 aromatic rings. The number of aldehydes is 1. The van der Waals surface area contributed by atoms with Gasteiger partial charge in [-0.3, -0.25) is 4.99 Å². The number of nitrogens with two attached hydrogens (primary N) is 1. The molecule has 32 heavy (non-hydrogen) atoms. The molecular weight excluding hydrogens is 440 g/mol. The third-order valence-corrected chi connectivity index (χ3v) is 6.11. The molecule has 0 radical (unpaired) electrons. The summed E-state index contributed by atoms with van der Waals surface area (Å²) in [7, 11) is 0. The monoisotopic (exact) mass is 464 g/mol. The average molecular weight is 465 g/mol. The van der Waals surface area contributed by atoms with Gasteiger partial charge in [-0.2, -0.15) is 0 Å². The van der Waals surface area contributed by atoms with Crippen LogP contribution in [0.1, 0.15) is 30.7 Å². The molecule has 164 valence electrons. The van der Waals surface area contributed by atoms with Crippen LogP contribution in [0, 0.1) is 5.92 Å². The number of benzene rings is 2. The second-order valence-corrected chi connectivity index (χ2v) is 8.68. The first-order chi connectivity index (χ1) is 15.5. The highest BCUT2D eigenvalue weighted by Gasteiger charge is 2.18. The maximum absolute atomic E-state index is 10.9. The second kappa shape index (κ2) is 11.7. The lowest BCUT2D eigenvalue weighted by Gasteiger charge is -2.09. The van der Waals surface area contributed by atoms with E-state index >= 15 is 0 Å². The summed E-state index contributed by atoms with van der Waals surface area (Å²) < 4.78 is 4.86. The molecule has 0 aliphatic carbocycles. The number of hydrogen-bond donors (Lipinski definition) is 1. The first-order valence-corrected chi connectivity index (χ1v) is 11.4. The van der Waals surface area contributed by atoms with Gasteiger partial charge in [-0.25, -0.2) is 0 Å². The van der Waals surface area contributed by atoms with E-state index in [1.54, 1.807) is 18.0 Å². The van der Waals surface area contributed by atoms with E-state index in [9.17, 15) is 4.79 Å². The van der Waals surface area contributed by atoms with Crippen molar-refractivity contribution < 1.29 is 9.21 Å². The fourth-order valence-electron chi connectivity index (χ4n) is 2.95. The molecule has 2 N–H and O–H groups in total. The minimum Gasteiger partial charge on any atom is -0.468 e. The zero-order valence-corrected chi connectivity index (χ0v) is 19.6. The number of fused-ring (bicyclic) bond motifs is 1. The van der Waals surface area contributed by atoms with Crippen LogP contribution in [0.5, 0.6) is 0 Å².